The van der Waals surface area contributed by atoms with Crippen LogP contribution in [-0.2, 0) is 15.6 Å². The van der Waals surface area contributed by atoms with E-state index in [-0.39, 0.29) is 5.75 Å². The molecule has 0 amide bonds. The van der Waals surface area contributed by atoms with Crippen LogP contribution in [-0.4, -0.2) is 22.5 Å². The van der Waals surface area contributed by atoms with Gasteiger partial charge in [0, 0.05) is 30.6 Å². The molecule has 3 aromatic carbocycles. The van der Waals surface area contributed by atoms with Crippen LogP contribution in [0.15, 0.2) is 71.6 Å². The maximum absolute atomic E-state index is 12.9. The van der Waals surface area contributed by atoms with E-state index in [1.54, 1.807) is 6.07 Å². The van der Waals surface area contributed by atoms with Crippen molar-refractivity contribution >= 4 is 26.3 Å². The number of hydrogen-bond acceptors (Lipinski definition) is 3. The van der Waals surface area contributed by atoms with E-state index in [0.29, 0.717) is 4.90 Å². The SMILES string of the molecule is CN(C)c1cccc2c(S(=O)(=O)Cc3ccccc3)cccc12. The fraction of sp³-hybridized carbons (Fsp3) is 0.158. The van der Waals surface area contributed by atoms with E-state index in [1.807, 2.05) is 79.7 Å². The molecular weight excluding hydrogens is 306 g/mol. The van der Waals surface area contributed by atoms with Crippen LogP contribution in [0, 0.1) is 0 Å². The zero-order chi connectivity index (χ0) is 16.4. The van der Waals surface area contributed by atoms with Gasteiger partial charge in [-0.25, -0.2) is 8.42 Å². The minimum atomic E-state index is -3.40. The van der Waals surface area contributed by atoms with Crippen molar-refractivity contribution in [1.29, 1.82) is 0 Å². The third-order valence-electron chi connectivity index (χ3n) is 3.88. The smallest absolute Gasteiger partial charge is 0.183 e. The van der Waals surface area contributed by atoms with Gasteiger partial charge in [-0.05, 0) is 17.7 Å². The van der Waals surface area contributed by atoms with Gasteiger partial charge in [0.25, 0.3) is 0 Å². The second kappa shape index (κ2) is 6.05. The number of hydrogen-bond donors (Lipinski definition) is 0. The number of sulfone groups is 1. The summed E-state index contributed by atoms with van der Waals surface area (Å²) in [7, 11) is 0.516. The highest BCUT2D eigenvalue weighted by molar-refractivity contribution is 7.90. The van der Waals surface area contributed by atoms with Gasteiger partial charge in [-0.2, -0.15) is 0 Å². The number of anilines is 1. The molecule has 3 aromatic rings. The molecule has 0 atom stereocenters. The van der Waals surface area contributed by atoms with E-state index in [0.717, 1.165) is 22.0 Å². The summed E-state index contributed by atoms with van der Waals surface area (Å²) in [5.74, 6) is 0.0130. The first-order chi connectivity index (χ1) is 11.0. The lowest BCUT2D eigenvalue weighted by molar-refractivity contribution is 0.596. The minimum Gasteiger partial charge on any atom is -0.377 e. The molecular formula is C19H19NO2S. The summed E-state index contributed by atoms with van der Waals surface area (Å²) >= 11 is 0. The van der Waals surface area contributed by atoms with Crippen molar-refractivity contribution in [1.82, 2.24) is 0 Å². The third kappa shape index (κ3) is 3.08. The predicted molar refractivity (Wildman–Crippen MR) is 95.6 cm³/mol. The number of benzene rings is 3. The lowest BCUT2D eigenvalue weighted by Crippen LogP contribution is -2.10. The van der Waals surface area contributed by atoms with Crippen molar-refractivity contribution < 1.29 is 8.42 Å². The molecule has 0 saturated heterocycles. The fourth-order valence-electron chi connectivity index (χ4n) is 2.80. The lowest BCUT2D eigenvalue weighted by atomic mass is 10.1. The molecule has 0 aliphatic carbocycles. The van der Waals surface area contributed by atoms with Crippen LogP contribution in [0.5, 0.6) is 0 Å². The summed E-state index contributed by atoms with van der Waals surface area (Å²) in [6, 6.07) is 20.5. The van der Waals surface area contributed by atoms with E-state index in [1.165, 1.54) is 0 Å². The van der Waals surface area contributed by atoms with Gasteiger partial charge >= 0.3 is 0 Å². The van der Waals surface area contributed by atoms with E-state index >= 15 is 0 Å². The van der Waals surface area contributed by atoms with Crippen molar-refractivity contribution in [2.24, 2.45) is 0 Å². The molecule has 0 spiro atoms. The standard InChI is InChI=1S/C19H19NO2S/c1-20(2)18-12-6-11-17-16(18)10-7-13-19(17)23(21,22)14-15-8-4-3-5-9-15/h3-13H,14H2,1-2H3. The van der Waals surface area contributed by atoms with Crippen LogP contribution in [0.25, 0.3) is 10.8 Å². The molecule has 3 nitrogen and oxygen atoms in total. The Kier molecular flexibility index (Phi) is 4.09. The minimum absolute atomic E-state index is 0.0130. The zero-order valence-electron chi connectivity index (χ0n) is 13.2. The van der Waals surface area contributed by atoms with Gasteiger partial charge in [-0.3, -0.25) is 0 Å². The second-order valence-corrected chi connectivity index (χ2v) is 7.73. The summed E-state index contributed by atoms with van der Waals surface area (Å²) in [6.45, 7) is 0. The van der Waals surface area contributed by atoms with Crippen LogP contribution in [0.1, 0.15) is 5.56 Å². The maximum Gasteiger partial charge on any atom is 0.183 e. The molecule has 0 aliphatic heterocycles. The van der Waals surface area contributed by atoms with Crippen molar-refractivity contribution in [3.05, 3.63) is 72.3 Å². The van der Waals surface area contributed by atoms with Gasteiger partial charge < -0.3 is 4.90 Å². The predicted octanol–water partition coefficient (Wildman–Crippen LogP) is 3.88. The molecule has 0 N–H and O–H groups in total. The Balaban J connectivity index is 2.14. The molecule has 0 unspecified atom stereocenters. The molecule has 4 heteroatoms. The third-order valence-corrected chi connectivity index (χ3v) is 5.61. The van der Waals surface area contributed by atoms with Crippen molar-refractivity contribution in [2.75, 3.05) is 19.0 Å². The van der Waals surface area contributed by atoms with Crippen LogP contribution < -0.4 is 4.90 Å². The Morgan fingerprint density at radius 2 is 1.43 bits per heavy atom. The van der Waals surface area contributed by atoms with Crippen LogP contribution in [0.4, 0.5) is 5.69 Å². The van der Waals surface area contributed by atoms with Gasteiger partial charge in [0.05, 0.1) is 10.6 Å². The molecule has 0 bridgehead atoms. The Bertz CT molecular complexity index is 932. The number of nitrogens with zero attached hydrogens (tertiary/aromatic N) is 1. The molecule has 0 aliphatic rings. The number of rotatable bonds is 4. The average molecular weight is 325 g/mol. The molecule has 0 heterocycles. The van der Waals surface area contributed by atoms with Crippen LogP contribution in [0.3, 0.4) is 0 Å². The first-order valence-electron chi connectivity index (χ1n) is 7.45. The molecule has 0 fully saturated rings. The first kappa shape index (κ1) is 15.6. The van der Waals surface area contributed by atoms with E-state index < -0.39 is 9.84 Å². The Labute approximate surface area is 137 Å². The van der Waals surface area contributed by atoms with Crippen molar-refractivity contribution in [3.8, 4) is 0 Å². The van der Waals surface area contributed by atoms with Crippen LogP contribution in [0.2, 0.25) is 0 Å². The highest BCUT2D eigenvalue weighted by Crippen LogP contribution is 2.31. The molecule has 118 valence electrons. The lowest BCUT2D eigenvalue weighted by Gasteiger charge is -2.17. The van der Waals surface area contributed by atoms with E-state index in [9.17, 15) is 8.42 Å². The van der Waals surface area contributed by atoms with Gasteiger partial charge in [0.2, 0.25) is 0 Å². The summed E-state index contributed by atoms with van der Waals surface area (Å²) in [5.41, 5.74) is 1.81. The largest absolute Gasteiger partial charge is 0.377 e. The summed E-state index contributed by atoms with van der Waals surface area (Å²) in [6.07, 6.45) is 0. The summed E-state index contributed by atoms with van der Waals surface area (Å²) in [5, 5.41) is 1.72. The Hall–Kier alpha value is -2.33. The van der Waals surface area contributed by atoms with Crippen LogP contribution >= 0.6 is 0 Å². The number of fused-ring (bicyclic) bond motifs is 1. The topological polar surface area (TPSA) is 37.4 Å². The second-order valence-electron chi connectivity index (χ2n) is 5.77. The molecule has 3 rings (SSSR count). The van der Waals surface area contributed by atoms with Gasteiger partial charge in [0.15, 0.2) is 9.84 Å². The van der Waals surface area contributed by atoms with E-state index in [2.05, 4.69) is 0 Å². The zero-order valence-corrected chi connectivity index (χ0v) is 14.0. The highest BCUT2D eigenvalue weighted by atomic mass is 32.2. The monoisotopic (exact) mass is 325 g/mol. The Morgan fingerprint density at radius 3 is 2.13 bits per heavy atom. The van der Waals surface area contributed by atoms with Gasteiger partial charge in [-0.1, -0.05) is 54.6 Å². The normalized spacial score (nSPS) is 11.6. The summed E-state index contributed by atoms with van der Waals surface area (Å²) < 4.78 is 25.8. The average Bonchev–Trinajstić information content (AvgIpc) is 2.54. The van der Waals surface area contributed by atoms with E-state index in [4.69, 9.17) is 0 Å². The molecule has 0 saturated carbocycles. The summed E-state index contributed by atoms with van der Waals surface area (Å²) in [4.78, 5) is 2.39. The maximum atomic E-state index is 12.9. The molecule has 0 aromatic heterocycles. The fourth-order valence-corrected chi connectivity index (χ4v) is 4.38. The molecule has 23 heavy (non-hydrogen) atoms. The van der Waals surface area contributed by atoms with Crippen molar-refractivity contribution in [3.63, 3.8) is 0 Å². The quantitative estimate of drug-likeness (QED) is 0.730. The van der Waals surface area contributed by atoms with Gasteiger partial charge in [0.1, 0.15) is 0 Å². The van der Waals surface area contributed by atoms with Crippen molar-refractivity contribution in [2.45, 2.75) is 10.6 Å². The highest BCUT2D eigenvalue weighted by Gasteiger charge is 2.19. The Morgan fingerprint density at radius 1 is 0.783 bits per heavy atom. The van der Waals surface area contributed by atoms with Gasteiger partial charge in [-0.15, -0.1) is 0 Å². The first-order valence-corrected chi connectivity index (χ1v) is 9.10. The molecule has 0 radical (unpaired) electrons.